The van der Waals surface area contributed by atoms with Crippen molar-refractivity contribution in [2.75, 3.05) is 7.11 Å². The lowest BCUT2D eigenvalue weighted by atomic mass is 10.1. The molecule has 2 rings (SSSR count). The number of methoxy groups -OCH3 is 1. The van der Waals surface area contributed by atoms with Crippen LogP contribution in [0.25, 0.3) is 0 Å². The fourth-order valence-corrected chi connectivity index (χ4v) is 2.14. The van der Waals surface area contributed by atoms with Crippen LogP contribution in [0.3, 0.4) is 0 Å². The molecule has 2 aromatic rings. The molecule has 0 saturated heterocycles. The van der Waals surface area contributed by atoms with Crippen molar-refractivity contribution in [3.8, 4) is 5.75 Å². The monoisotopic (exact) mass is 293 g/mol. The van der Waals surface area contributed by atoms with Crippen LogP contribution in [0.2, 0.25) is 5.02 Å². The molecule has 0 amide bonds. The van der Waals surface area contributed by atoms with Gasteiger partial charge in [-0.1, -0.05) is 23.7 Å². The van der Waals surface area contributed by atoms with E-state index in [2.05, 4.69) is 12.2 Å². The van der Waals surface area contributed by atoms with E-state index >= 15 is 0 Å². The maximum absolute atomic E-state index is 13.2. The molecule has 0 unspecified atom stereocenters. The van der Waals surface area contributed by atoms with Crippen LogP contribution >= 0.6 is 11.6 Å². The molecule has 0 aliphatic heterocycles. The molecule has 20 heavy (non-hydrogen) atoms. The summed E-state index contributed by atoms with van der Waals surface area (Å²) in [4.78, 5) is 0. The second-order valence-corrected chi connectivity index (χ2v) is 5.02. The fraction of sp³-hybridized carbons (Fsp3) is 0.250. The van der Waals surface area contributed by atoms with Gasteiger partial charge in [0.2, 0.25) is 0 Å². The molecule has 0 aromatic heterocycles. The number of benzene rings is 2. The van der Waals surface area contributed by atoms with E-state index in [1.165, 1.54) is 12.1 Å². The highest BCUT2D eigenvalue weighted by Crippen LogP contribution is 2.20. The van der Waals surface area contributed by atoms with Crippen molar-refractivity contribution >= 4 is 11.6 Å². The first-order chi connectivity index (χ1) is 9.60. The van der Waals surface area contributed by atoms with E-state index < -0.39 is 0 Å². The van der Waals surface area contributed by atoms with Gasteiger partial charge in [-0.15, -0.1) is 0 Å². The maximum Gasteiger partial charge on any atom is 0.123 e. The number of hydrogen-bond acceptors (Lipinski definition) is 2. The summed E-state index contributed by atoms with van der Waals surface area (Å²) in [5.41, 5.74) is 1.89. The van der Waals surface area contributed by atoms with Gasteiger partial charge in [-0.2, -0.15) is 0 Å². The summed E-state index contributed by atoms with van der Waals surface area (Å²) >= 11 is 6.04. The normalized spacial score (nSPS) is 12.2. The molecule has 0 aliphatic rings. The second kappa shape index (κ2) is 6.73. The van der Waals surface area contributed by atoms with Crippen molar-refractivity contribution in [2.45, 2.75) is 19.5 Å². The van der Waals surface area contributed by atoms with E-state index in [1.807, 2.05) is 24.3 Å². The van der Waals surface area contributed by atoms with Gasteiger partial charge < -0.3 is 10.1 Å². The first-order valence-corrected chi connectivity index (χ1v) is 6.79. The van der Waals surface area contributed by atoms with Crippen molar-refractivity contribution in [3.05, 3.63) is 64.4 Å². The van der Waals surface area contributed by atoms with Crippen LogP contribution in [0.15, 0.2) is 42.5 Å². The van der Waals surface area contributed by atoms with Gasteiger partial charge in [0, 0.05) is 17.6 Å². The van der Waals surface area contributed by atoms with Gasteiger partial charge in [-0.3, -0.25) is 0 Å². The minimum atomic E-state index is -0.275. The average molecular weight is 294 g/mol. The number of halogens is 2. The fourth-order valence-electron chi connectivity index (χ4n) is 1.95. The SMILES string of the molecule is COc1ccc([C@H](C)NCc2cc(F)ccc2Cl)cc1. The summed E-state index contributed by atoms with van der Waals surface area (Å²) in [6, 6.07) is 12.4. The molecule has 106 valence electrons. The number of ether oxygens (including phenoxy) is 1. The lowest BCUT2D eigenvalue weighted by Gasteiger charge is -2.15. The van der Waals surface area contributed by atoms with Crippen LogP contribution < -0.4 is 10.1 Å². The Morgan fingerprint density at radius 1 is 1.20 bits per heavy atom. The summed E-state index contributed by atoms with van der Waals surface area (Å²) in [6.45, 7) is 2.57. The third-order valence-corrected chi connectivity index (χ3v) is 3.59. The van der Waals surface area contributed by atoms with Crippen LogP contribution in [-0.4, -0.2) is 7.11 Å². The van der Waals surface area contributed by atoms with Crippen molar-refractivity contribution in [1.29, 1.82) is 0 Å². The summed E-state index contributed by atoms with van der Waals surface area (Å²) in [6.07, 6.45) is 0. The summed E-state index contributed by atoms with van der Waals surface area (Å²) < 4.78 is 18.3. The topological polar surface area (TPSA) is 21.3 Å². The average Bonchev–Trinajstić information content (AvgIpc) is 2.48. The molecule has 0 aliphatic carbocycles. The Labute approximate surface area is 123 Å². The minimum Gasteiger partial charge on any atom is -0.497 e. The van der Waals surface area contributed by atoms with E-state index in [-0.39, 0.29) is 11.9 Å². The van der Waals surface area contributed by atoms with Crippen LogP contribution in [0.4, 0.5) is 4.39 Å². The van der Waals surface area contributed by atoms with E-state index in [0.29, 0.717) is 11.6 Å². The molecule has 1 atom stereocenters. The van der Waals surface area contributed by atoms with E-state index in [1.54, 1.807) is 13.2 Å². The Bertz CT molecular complexity index is 571. The van der Waals surface area contributed by atoms with Gasteiger partial charge in [0.05, 0.1) is 7.11 Å². The molecule has 0 heterocycles. The molecular formula is C16H17ClFNO. The Kier molecular flexibility index (Phi) is 4.99. The Morgan fingerprint density at radius 2 is 1.90 bits per heavy atom. The molecule has 1 N–H and O–H groups in total. The summed E-state index contributed by atoms with van der Waals surface area (Å²) in [5.74, 6) is 0.553. The molecule has 0 spiro atoms. The molecule has 4 heteroatoms. The molecule has 2 aromatic carbocycles. The predicted octanol–water partition coefficient (Wildman–Crippen LogP) is 4.34. The van der Waals surface area contributed by atoms with Gasteiger partial charge in [0.25, 0.3) is 0 Å². The maximum atomic E-state index is 13.2. The molecule has 0 bridgehead atoms. The van der Waals surface area contributed by atoms with Crippen LogP contribution in [0.5, 0.6) is 5.75 Å². The molecule has 2 nitrogen and oxygen atoms in total. The standard InChI is InChI=1S/C16H17ClFNO/c1-11(12-3-6-15(20-2)7-4-12)19-10-13-9-14(18)5-8-16(13)17/h3-9,11,19H,10H2,1-2H3/t11-/m0/s1. The highest BCUT2D eigenvalue weighted by molar-refractivity contribution is 6.31. The molecular weight excluding hydrogens is 277 g/mol. The van der Waals surface area contributed by atoms with Crippen molar-refractivity contribution in [1.82, 2.24) is 5.32 Å². The van der Waals surface area contributed by atoms with Crippen LogP contribution in [0.1, 0.15) is 24.1 Å². The lowest BCUT2D eigenvalue weighted by Crippen LogP contribution is -2.18. The lowest BCUT2D eigenvalue weighted by molar-refractivity contribution is 0.414. The number of hydrogen-bond donors (Lipinski definition) is 1. The van der Waals surface area contributed by atoms with E-state index in [4.69, 9.17) is 16.3 Å². The van der Waals surface area contributed by atoms with E-state index in [0.717, 1.165) is 16.9 Å². The number of rotatable bonds is 5. The third-order valence-electron chi connectivity index (χ3n) is 3.22. The van der Waals surface area contributed by atoms with Gasteiger partial charge in [-0.05, 0) is 48.4 Å². The smallest absolute Gasteiger partial charge is 0.123 e. The van der Waals surface area contributed by atoms with E-state index in [9.17, 15) is 4.39 Å². The van der Waals surface area contributed by atoms with Crippen molar-refractivity contribution in [2.24, 2.45) is 0 Å². The predicted molar refractivity (Wildman–Crippen MR) is 79.7 cm³/mol. The van der Waals surface area contributed by atoms with Crippen molar-refractivity contribution < 1.29 is 9.13 Å². The van der Waals surface area contributed by atoms with Gasteiger partial charge >= 0.3 is 0 Å². The van der Waals surface area contributed by atoms with Crippen molar-refractivity contribution in [3.63, 3.8) is 0 Å². The van der Waals surface area contributed by atoms with Crippen LogP contribution in [-0.2, 0) is 6.54 Å². The summed E-state index contributed by atoms with van der Waals surface area (Å²) in [7, 11) is 1.64. The number of nitrogens with one attached hydrogen (secondary N) is 1. The third kappa shape index (κ3) is 3.71. The first-order valence-electron chi connectivity index (χ1n) is 6.41. The quantitative estimate of drug-likeness (QED) is 0.885. The van der Waals surface area contributed by atoms with Crippen LogP contribution in [0, 0.1) is 5.82 Å². The second-order valence-electron chi connectivity index (χ2n) is 4.61. The molecule has 0 fully saturated rings. The highest BCUT2D eigenvalue weighted by atomic mass is 35.5. The zero-order valence-corrected chi connectivity index (χ0v) is 12.2. The Morgan fingerprint density at radius 3 is 2.55 bits per heavy atom. The molecule has 0 saturated carbocycles. The Hall–Kier alpha value is -1.58. The first kappa shape index (κ1) is 14.8. The Balaban J connectivity index is 2.00. The molecule has 0 radical (unpaired) electrons. The minimum absolute atomic E-state index is 0.139. The van der Waals surface area contributed by atoms with Gasteiger partial charge in [0.15, 0.2) is 0 Å². The largest absolute Gasteiger partial charge is 0.497 e. The zero-order valence-electron chi connectivity index (χ0n) is 11.5. The van der Waals surface area contributed by atoms with Gasteiger partial charge in [-0.25, -0.2) is 4.39 Å². The zero-order chi connectivity index (χ0) is 14.5. The summed E-state index contributed by atoms with van der Waals surface area (Å²) in [5, 5.41) is 3.90. The van der Waals surface area contributed by atoms with Gasteiger partial charge in [0.1, 0.15) is 11.6 Å². The highest BCUT2D eigenvalue weighted by Gasteiger charge is 2.07.